The Morgan fingerprint density at radius 3 is 2.62 bits per heavy atom. The average Bonchev–Trinajstić information content (AvgIpc) is 2.45. The van der Waals surface area contributed by atoms with Crippen molar-refractivity contribution >= 4 is 33.9 Å². The Morgan fingerprint density at radius 1 is 1.29 bits per heavy atom. The smallest absolute Gasteiger partial charge is 0.130 e. The number of aromatic nitrogens is 1. The van der Waals surface area contributed by atoms with Gasteiger partial charge in [0.2, 0.25) is 0 Å². The summed E-state index contributed by atoms with van der Waals surface area (Å²) in [7, 11) is 0. The molecule has 1 saturated heterocycles. The number of nitrogens with zero attached hydrogens (tertiary/aromatic N) is 2. The Labute approximate surface area is 129 Å². The summed E-state index contributed by atoms with van der Waals surface area (Å²) in [6.45, 7) is 5.81. The van der Waals surface area contributed by atoms with E-state index in [4.69, 9.17) is 27.7 Å². The van der Waals surface area contributed by atoms with E-state index in [-0.39, 0.29) is 12.2 Å². The first kappa shape index (κ1) is 14.2. The number of anilines is 1. The van der Waals surface area contributed by atoms with Gasteiger partial charge in [-0.2, -0.15) is 0 Å². The lowest BCUT2D eigenvalue weighted by atomic mass is 10.1. The number of hydrogen-bond acceptors (Lipinski definition) is 4. The highest BCUT2D eigenvalue weighted by Gasteiger charge is 2.24. The third-order valence-corrected chi connectivity index (χ3v) is 3.93. The fraction of sp³-hybridized carbons (Fsp3) is 0.375. The van der Waals surface area contributed by atoms with Crippen LogP contribution in [0.4, 0.5) is 5.82 Å². The molecule has 21 heavy (non-hydrogen) atoms. The monoisotopic (exact) mass is 301 g/mol. The molecule has 2 N–H and O–H groups in total. The molecule has 1 aliphatic rings. The van der Waals surface area contributed by atoms with Crippen LogP contribution in [-0.2, 0) is 4.74 Å². The number of thiocarbonyl (C=S) groups is 1. The second-order valence-corrected chi connectivity index (χ2v) is 6.01. The lowest BCUT2D eigenvalue weighted by molar-refractivity contribution is -0.00544. The van der Waals surface area contributed by atoms with Gasteiger partial charge in [0.05, 0.1) is 17.7 Å². The molecular formula is C16H19N3OS. The number of pyridine rings is 1. The van der Waals surface area contributed by atoms with Gasteiger partial charge in [-0.1, -0.05) is 30.4 Å². The molecule has 2 atom stereocenters. The molecule has 0 bridgehead atoms. The maximum Gasteiger partial charge on any atom is 0.130 e. The minimum Gasteiger partial charge on any atom is -0.389 e. The Balaban J connectivity index is 2.08. The third-order valence-electron chi connectivity index (χ3n) is 3.71. The number of nitrogens with two attached hydrogens (primary N) is 1. The first-order valence-corrected chi connectivity index (χ1v) is 7.55. The lowest BCUT2D eigenvalue weighted by Gasteiger charge is -2.36. The van der Waals surface area contributed by atoms with Crippen LogP contribution in [0.15, 0.2) is 30.3 Å². The van der Waals surface area contributed by atoms with E-state index in [0.29, 0.717) is 4.99 Å². The van der Waals surface area contributed by atoms with Crippen molar-refractivity contribution in [2.24, 2.45) is 5.73 Å². The quantitative estimate of drug-likeness (QED) is 0.864. The van der Waals surface area contributed by atoms with Gasteiger partial charge >= 0.3 is 0 Å². The number of morpholine rings is 1. The largest absolute Gasteiger partial charge is 0.389 e. The molecule has 3 rings (SSSR count). The number of rotatable bonds is 2. The maximum atomic E-state index is 5.89. The number of para-hydroxylation sites is 1. The van der Waals surface area contributed by atoms with Crippen molar-refractivity contribution in [2.45, 2.75) is 26.1 Å². The molecular weight excluding hydrogens is 282 g/mol. The van der Waals surface area contributed by atoms with Crippen LogP contribution >= 0.6 is 12.2 Å². The van der Waals surface area contributed by atoms with E-state index in [1.165, 1.54) is 0 Å². The molecule has 0 spiro atoms. The first-order chi connectivity index (χ1) is 10.0. The van der Waals surface area contributed by atoms with E-state index >= 15 is 0 Å². The van der Waals surface area contributed by atoms with Crippen LogP contribution in [-0.4, -0.2) is 35.3 Å². The third kappa shape index (κ3) is 2.84. The van der Waals surface area contributed by atoms with Crippen LogP contribution in [0.3, 0.4) is 0 Å². The highest BCUT2D eigenvalue weighted by atomic mass is 32.1. The molecule has 1 aliphatic heterocycles. The molecule has 0 saturated carbocycles. The minimum absolute atomic E-state index is 0.190. The van der Waals surface area contributed by atoms with Crippen molar-refractivity contribution in [3.05, 3.63) is 35.9 Å². The van der Waals surface area contributed by atoms with Crippen LogP contribution in [0.1, 0.15) is 19.4 Å². The molecule has 2 aromatic rings. The van der Waals surface area contributed by atoms with Crippen molar-refractivity contribution in [3.63, 3.8) is 0 Å². The van der Waals surface area contributed by atoms with Crippen LogP contribution in [0.2, 0.25) is 0 Å². The van der Waals surface area contributed by atoms with Crippen molar-refractivity contribution < 1.29 is 4.74 Å². The fourth-order valence-electron chi connectivity index (χ4n) is 2.89. The van der Waals surface area contributed by atoms with Gasteiger partial charge in [-0.05, 0) is 26.0 Å². The molecule has 1 aromatic heterocycles. The summed E-state index contributed by atoms with van der Waals surface area (Å²) in [5.41, 5.74) is 7.70. The van der Waals surface area contributed by atoms with E-state index in [1.807, 2.05) is 30.3 Å². The molecule has 2 heterocycles. The predicted octanol–water partition coefficient (Wildman–Crippen LogP) is 2.48. The zero-order valence-electron chi connectivity index (χ0n) is 12.2. The summed E-state index contributed by atoms with van der Waals surface area (Å²) >= 11 is 5.20. The van der Waals surface area contributed by atoms with Gasteiger partial charge in [0.1, 0.15) is 10.8 Å². The first-order valence-electron chi connectivity index (χ1n) is 7.14. The maximum absolute atomic E-state index is 5.89. The molecule has 4 nitrogen and oxygen atoms in total. The molecule has 110 valence electrons. The molecule has 0 radical (unpaired) electrons. The van der Waals surface area contributed by atoms with E-state index in [9.17, 15) is 0 Å². The standard InChI is InChI=1S/C16H19N3OS/c1-10-8-19(9-11(2)20-10)15-7-13(16(17)21)12-5-3-4-6-14(12)18-15/h3-7,10-11H,8-9H2,1-2H3,(H2,17,21)/t10-,11+. The highest BCUT2D eigenvalue weighted by Crippen LogP contribution is 2.25. The van der Waals surface area contributed by atoms with Crippen LogP contribution in [0.25, 0.3) is 10.9 Å². The Kier molecular flexibility index (Phi) is 3.78. The Hall–Kier alpha value is -1.72. The fourth-order valence-corrected chi connectivity index (χ4v) is 3.06. The summed E-state index contributed by atoms with van der Waals surface area (Å²) in [5.74, 6) is 0.915. The lowest BCUT2D eigenvalue weighted by Crippen LogP contribution is -2.45. The normalized spacial score (nSPS) is 22.5. The molecule has 0 aliphatic carbocycles. The molecule has 0 unspecified atom stereocenters. The SMILES string of the molecule is C[C@@H]1CN(c2cc(C(N)=S)c3ccccc3n2)C[C@H](C)O1. The number of benzene rings is 1. The molecule has 1 fully saturated rings. The van der Waals surface area contributed by atoms with E-state index in [2.05, 4.69) is 18.7 Å². The van der Waals surface area contributed by atoms with Crippen LogP contribution in [0.5, 0.6) is 0 Å². The van der Waals surface area contributed by atoms with Crippen molar-refractivity contribution in [1.29, 1.82) is 0 Å². The van der Waals surface area contributed by atoms with Crippen LogP contribution < -0.4 is 10.6 Å². The number of hydrogen-bond donors (Lipinski definition) is 1. The van der Waals surface area contributed by atoms with Gasteiger partial charge in [0, 0.05) is 24.0 Å². The zero-order chi connectivity index (χ0) is 15.0. The van der Waals surface area contributed by atoms with Crippen molar-refractivity contribution in [3.8, 4) is 0 Å². The topological polar surface area (TPSA) is 51.4 Å². The summed E-state index contributed by atoms with van der Waals surface area (Å²) in [5, 5.41) is 1.00. The average molecular weight is 301 g/mol. The Bertz CT molecular complexity index is 678. The summed E-state index contributed by atoms with van der Waals surface area (Å²) in [6.07, 6.45) is 0.380. The van der Waals surface area contributed by atoms with Gasteiger partial charge in [-0.3, -0.25) is 0 Å². The second-order valence-electron chi connectivity index (χ2n) is 5.57. The summed E-state index contributed by atoms with van der Waals surface area (Å²) in [6, 6.07) is 9.95. The number of fused-ring (bicyclic) bond motifs is 1. The van der Waals surface area contributed by atoms with E-state index in [1.54, 1.807) is 0 Å². The van der Waals surface area contributed by atoms with Gasteiger partial charge in [0.25, 0.3) is 0 Å². The van der Waals surface area contributed by atoms with Gasteiger partial charge in [0.15, 0.2) is 0 Å². The Morgan fingerprint density at radius 2 is 1.95 bits per heavy atom. The molecule has 0 amide bonds. The molecule has 1 aromatic carbocycles. The van der Waals surface area contributed by atoms with Crippen molar-refractivity contribution in [1.82, 2.24) is 4.98 Å². The molecule has 5 heteroatoms. The highest BCUT2D eigenvalue weighted by molar-refractivity contribution is 7.80. The van der Waals surface area contributed by atoms with E-state index < -0.39 is 0 Å². The number of ether oxygens (including phenoxy) is 1. The van der Waals surface area contributed by atoms with Crippen molar-refractivity contribution in [2.75, 3.05) is 18.0 Å². The van der Waals surface area contributed by atoms with Gasteiger partial charge in [-0.15, -0.1) is 0 Å². The summed E-state index contributed by atoms with van der Waals surface area (Å²) in [4.78, 5) is 7.42. The second kappa shape index (κ2) is 5.58. The van der Waals surface area contributed by atoms with E-state index in [0.717, 1.165) is 35.4 Å². The predicted molar refractivity (Wildman–Crippen MR) is 89.9 cm³/mol. The van der Waals surface area contributed by atoms with Gasteiger partial charge < -0.3 is 15.4 Å². The van der Waals surface area contributed by atoms with Crippen LogP contribution in [0, 0.1) is 0 Å². The summed E-state index contributed by atoms with van der Waals surface area (Å²) < 4.78 is 5.78. The van der Waals surface area contributed by atoms with Gasteiger partial charge in [-0.25, -0.2) is 4.98 Å². The minimum atomic E-state index is 0.190. The zero-order valence-corrected chi connectivity index (χ0v) is 13.1.